The van der Waals surface area contributed by atoms with Gasteiger partial charge < -0.3 is 15.4 Å². The lowest BCUT2D eigenvalue weighted by molar-refractivity contribution is 0.102. The molecule has 2 heterocycles. The molecule has 21 heavy (non-hydrogen) atoms. The van der Waals surface area contributed by atoms with Crippen LogP contribution in [0.3, 0.4) is 0 Å². The number of nitrogens with zero attached hydrogens (tertiary/aromatic N) is 3. The van der Waals surface area contributed by atoms with Gasteiger partial charge in [-0.15, -0.1) is 0 Å². The van der Waals surface area contributed by atoms with Gasteiger partial charge in [-0.2, -0.15) is 5.10 Å². The Labute approximate surface area is 123 Å². The van der Waals surface area contributed by atoms with Crippen LogP contribution in [0.2, 0.25) is 0 Å². The molecule has 0 saturated carbocycles. The lowest BCUT2D eigenvalue weighted by atomic mass is 10.2. The highest BCUT2D eigenvalue weighted by Crippen LogP contribution is 2.11. The molecule has 0 saturated heterocycles. The van der Waals surface area contributed by atoms with E-state index in [4.69, 9.17) is 4.74 Å². The highest BCUT2D eigenvalue weighted by Gasteiger charge is 2.08. The Bertz CT molecular complexity index is 597. The van der Waals surface area contributed by atoms with Crippen molar-refractivity contribution in [2.24, 2.45) is 0 Å². The number of amides is 1. The van der Waals surface area contributed by atoms with Gasteiger partial charge in [-0.1, -0.05) is 0 Å². The van der Waals surface area contributed by atoms with Gasteiger partial charge in [-0.3, -0.25) is 9.48 Å². The molecule has 7 nitrogen and oxygen atoms in total. The molecule has 0 bridgehead atoms. The van der Waals surface area contributed by atoms with Crippen molar-refractivity contribution in [3.8, 4) is 0 Å². The highest BCUT2D eigenvalue weighted by molar-refractivity contribution is 6.04. The van der Waals surface area contributed by atoms with E-state index in [2.05, 4.69) is 20.7 Å². The van der Waals surface area contributed by atoms with Crippen LogP contribution in [0.15, 0.2) is 30.7 Å². The van der Waals surface area contributed by atoms with Crippen molar-refractivity contribution in [1.82, 2.24) is 14.8 Å². The molecule has 0 aliphatic rings. The SMILES string of the molecule is CCNc1cc(C(=O)Nc2cnn(CCOC)c2)ccn1. The number of methoxy groups -OCH3 is 1. The quantitative estimate of drug-likeness (QED) is 0.809. The van der Waals surface area contributed by atoms with Gasteiger partial charge in [0, 0.05) is 31.6 Å². The minimum absolute atomic E-state index is 0.192. The molecule has 0 aliphatic heterocycles. The Morgan fingerprint density at radius 3 is 3.10 bits per heavy atom. The summed E-state index contributed by atoms with van der Waals surface area (Å²) in [6.07, 6.45) is 4.98. The average molecular weight is 289 g/mol. The summed E-state index contributed by atoms with van der Waals surface area (Å²) in [5, 5.41) is 10.0. The van der Waals surface area contributed by atoms with E-state index in [1.54, 1.807) is 42.5 Å². The lowest BCUT2D eigenvalue weighted by Gasteiger charge is -2.05. The van der Waals surface area contributed by atoms with Gasteiger partial charge >= 0.3 is 0 Å². The number of rotatable bonds is 7. The van der Waals surface area contributed by atoms with Gasteiger partial charge in [0.15, 0.2) is 0 Å². The van der Waals surface area contributed by atoms with Crippen molar-refractivity contribution in [2.75, 3.05) is 30.9 Å². The zero-order valence-corrected chi connectivity index (χ0v) is 12.2. The van der Waals surface area contributed by atoms with Gasteiger partial charge in [0.2, 0.25) is 0 Å². The summed E-state index contributed by atoms with van der Waals surface area (Å²) in [7, 11) is 1.64. The predicted molar refractivity (Wildman–Crippen MR) is 80.5 cm³/mol. The van der Waals surface area contributed by atoms with Crippen molar-refractivity contribution in [3.05, 3.63) is 36.3 Å². The zero-order valence-electron chi connectivity index (χ0n) is 12.2. The summed E-state index contributed by atoms with van der Waals surface area (Å²) >= 11 is 0. The second-order valence-electron chi connectivity index (χ2n) is 4.40. The summed E-state index contributed by atoms with van der Waals surface area (Å²) in [4.78, 5) is 16.3. The molecule has 112 valence electrons. The lowest BCUT2D eigenvalue weighted by Crippen LogP contribution is -2.12. The van der Waals surface area contributed by atoms with E-state index in [9.17, 15) is 4.79 Å². The molecule has 7 heteroatoms. The average Bonchev–Trinajstić information content (AvgIpc) is 2.93. The first-order valence-electron chi connectivity index (χ1n) is 6.75. The van der Waals surface area contributed by atoms with E-state index < -0.39 is 0 Å². The van der Waals surface area contributed by atoms with Crippen LogP contribution in [0, 0.1) is 0 Å². The molecule has 0 spiro atoms. The molecule has 0 atom stereocenters. The predicted octanol–water partition coefficient (Wildman–Crippen LogP) is 1.61. The van der Waals surface area contributed by atoms with Crippen LogP contribution >= 0.6 is 0 Å². The smallest absolute Gasteiger partial charge is 0.255 e. The fourth-order valence-corrected chi connectivity index (χ4v) is 1.79. The fourth-order valence-electron chi connectivity index (χ4n) is 1.79. The molecule has 1 amide bonds. The Morgan fingerprint density at radius 2 is 2.33 bits per heavy atom. The van der Waals surface area contributed by atoms with E-state index >= 15 is 0 Å². The Balaban J connectivity index is 2.00. The Kier molecular flexibility index (Phi) is 5.28. The van der Waals surface area contributed by atoms with Gasteiger partial charge in [-0.25, -0.2) is 4.98 Å². The fraction of sp³-hybridized carbons (Fsp3) is 0.357. The molecule has 0 aliphatic carbocycles. The monoisotopic (exact) mass is 289 g/mol. The van der Waals surface area contributed by atoms with Crippen molar-refractivity contribution < 1.29 is 9.53 Å². The molecular formula is C14H19N5O2. The number of pyridine rings is 1. The zero-order chi connectivity index (χ0) is 15.1. The minimum Gasteiger partial charge on any atom is -0.383 e. The summed E-state index contributed by atoms with van der Waals surface area (Å²) in [5.41, 5.74) is 1.20. The summed E-state index contributed by atoms with van der Waals surface area (Å²) in [6, 6.07) is 3.39. The number of hydrogen-bond donors (Lipinski definition) is 2. The number of anilines is 2. The second kappa shape index (κ2) is 7.39. The van der Waals surface area contributed by atoms with Crippen molar-refractivity contribution in [1.29, 1.82) is 0 Å². The molecular weight excluding hydrogens is 270 g/mol. The second-order valence-corrected chi connectivity index (χ2v) is 4.40. The van der Waals surface area contributed by atoms with E-state index in [-0.39, 0.29) is 5.91 Å². The molecule has 2 rings (SSSR count). The standard InChI is InChI=1S/C14H19N5O2/c1-3-15-13-8-11(4-5-16-13)14(20)18-12-9-17-19(10-12)6-7-21-2/h4-5,8-10H,3,6-7H2,1-2H3,(H,15,16)(H,18,20). The largest absolute Gasteiger partial charge is 0.383 e. The summed E-state index contributed by atoms with van der Waals surface area (Å²) in [6.45, 7) is 3.95. The van der Waals surface area contributed by atoms with Gasteiger partial charge in [0.05, 0.1) is 25.0 Å². The molecule has 0 radical (unpaired) electrons. The first-order chi connectivity index (χ1) is 10.2. The molecule has 0 fully saturated rings. The normalized spacial score (nSPS) is 10.4. The van der Waals surface area contributed by atoms with Crippen molar-refractivity contribution in [3.63, 3.8) is 0 Å². The van der Waals surface area contributed by atoms with E-state index in [1.165, 1.54) is 0 Å². The molecule has 2 N–H and O–H groups in total. The maximum absolute atomic E-state index is 12.2. The maximum Gasteiger partial charge on any atom is 0.255 e. The molecule has 2 aromatic rings. The number of aromatic nitrogens is 3. The summed E-state index contributed by atoms with van der Waals surface area (Å²) < 4.78 is 6.70. The number of carbonyl (C=O) groups excluding carboxylic acids is 1. The van der Waals surface area contributed by atoms with Crippen LogP contribution in [0.1, 0.15) is 17.3 Å². The molecule has 0 unspecified atom stereocenters. The van der Waals surface area contributed by atoms with Gasteiger partial charge in [0.1, 0.15) is 5.82 Å². The first kappa shape index (κ1) is 15.0. The van der Waals surface area contributed by atoms with Gasteiger partial charge in [0.25, 0.3) is 5.91 Å². The first-order valence-corrected chi connectivity index (χ1v) is 6.75. The summed E-state index contributed by atoms with van der Waals surface area (Å²) in [5.74, 6) is 0.490. The van der Waals surface area contributed by atoms with Gasteiger partial charge in [-0.05, 0) is 19.1 Å². The van der Waals surface area contributed by atoms with Crippen LogP contribution in [0.5, 0.6) is 0 Å². The number of hydrogen-bond acceptors (Lipinski definition) is 5. The third-order valence-electron chi connectivity index (χ3n) is 2.80. The van der Waals surface area contributed by atoms with Crippen LogP contribution in [0.4, 0.5) is 11.5 Å². The Morgan fingerprint density at radius 1 is 1.48 bits per heavy atom. The van der Waals surface area contributed by atoms with Crippen LogP contribution in [0.25, 0.3) is 0 Å². The van der Waals surface area contributed by atoms with Crippen LogP contribution in [-0.4, -0.2) is 40.9 Å². The van der Waals surface area contributed by atoms with E-state index in [1.807, 2.05) is 6.92 Å². The number of ether oxygens (including phenoxy) is 1. The molecule has 0 aromatic carbocycles. The number of carbonyl (C=O) groups is 1. The van der Waals surface area contributed by atoms with E-state index in [0.29, 0.717) is 30.2 Å². The Hall–Kier alpha value is -2.41. The number of nitrogens with one attached hydrogen (secondary N) is 2. The third-order valence-corrected chi connectivity index (χ3v) is 2.80. The van der Waals surface area contributed by atoms with Crippen LogP contribution < -0.4 is 10.6 Å². The van der Waals surface area contributed by atoms with Crippen molar-refractivity contribution in [2.45, 2.75) is 13.5 Å². The van der Waals surface area contributed by atoms with Crippen molar-refractivity contribution >= 4 is 17.4 Å². The highest BCUT2D eigenvalue weighted by atomic mass is 16.5. The maximum atomic E-state index is 12.2. The minimum atomic E-state index is -0.192. The molecule has 2 aromatic heterocycles. The van der Waals surface area contributed by atoms with Crippen LogP contribution in [-0.2, 0) is 11.3 Å². The van der Waals surface area contributed by atoms with E-state index in [0.717, 1.165) is 6.54 Å². The third kappa shape index (κ3) is 4.28. The topological polar surface area (TPSA) is 81.1 Å².